The Hall–Kier alpha value is -1.46. The van der Waals surface area contributed by atoms with Gasteiger partial charge < -0.3 is 10.1 Å². The molecule has 0 saturated heterocycles. The molecule has 0 aliphatic heterocycles. The molecule has 0 spiro atoms. The van der Waals surface area contributed by atoms with Crippen LogP contribution >= 0.6 is 11.3 Å². The van der Waals surface area contributed by atoms with E-state index in [2.05, 4.69) is 15.5 Å². The summed E-state index contributed by atoms with van der Waals surface area (Å²) in [6.45, 7) is 1.32. The molecule has 0 bridgehead atoms. The van der Waals surface area contributed by atoms with Gasteiger partial charge in [0.15, 0.2) is 5.01 Å². The summed E-state index contributed by atoms with van der Waals surface area (Å²) in [6, 6.07) is 10.5. The van der Waals surface area contributed by atoms with E-state index in [9.17, 15) is 0 Å². The fourth-order valence-electron chi connectivity index (χ4n) is 1.60. The first kappa shape index (κ1) is 11.6. The Bertz CT molecular complexity index is 496. The Morgan fingerprint density at radius 3 is 2.72 bits per heavy atom. The van der Waals surface area contributed by atoms with Crippen LogP contribution in [0.4, 0.5) is 0 Å². The van der Waals surface area contributed by atoms with E-state index in [4.69, 9.17) is 4.74 Å². The second-order valence-corrected chi connectivity index (χ2v) is 5.49. The summed E-state index contributed by atoms with van der Waals surface area (Å²) >= 11 is 1.61. The quantitative estimate of drug-likeness (QED) is 0.867. The number of para-hydroxylation sites is 1. The van der Waals surface area contributed by atoms with Gasteiger partial charge in [0.25, 0.3) is 0 Å². The first-order chi connectivity index (χ1) is 8.90. The molecule has 1 heterocycles. The Kier molecular flexibility index (Phi) is 3.52. The van der Waals surface area contributed by atoms with E-state index in [-0.39, 0.29) is 0 Å². The van der Waals surface area contributed by atoms with Crippen LogP contribution in [0.1, 0.15) is 22.9 Å². The summed E-state index contributed by atoms with van der Waals surface area (Å²) < 4.78 is 5.63. The molecule has 5 heteroatoms. The molecule has 94 valence electrons. The highest BCUT2D eigenvalue weighted by Gasteiger charge is 2.20. The van der Waals surface area contributed by atoms with E-state index in [0.717, 1.165) is 22.3 Å². The van der Waals surface area contributed by atoms with Crippen LogP contribution in [-0.2, 0) is 13.2 Å². The van der Waals surface area contributed by atoms with Crippen LogP contribution in [0.15, 0.2) is 30.3 Å². The lowest BCUT2D eigenvalue weighted by atomic mass is 10.3. The van der Waals surface area contributed by atoms with E-state index in [1.807, 2.05) is 30.3 Å². The lowest BCUT2D eigenvalue weighted by Crippen LogP contribution is -2.14. The van der Waals surface area contributed by atoms with Crippen LogP contribution in [0.3, 0.4) is 0 Å². The molecular formula is C13H15N3OS. The van der Waals surface area contributed by atoms with Gasteiger partial charge in [0.1, 0.15) is 17.4 Å². The van der Waals surface area contributed by atoms with Crippen LogP contribution in [0.25, 0.3) is 0 Å². The third-order valence-corrected chi connectivity index (χ3v) is 3.63. The highest BCUT2D eigenvalue weighted by atomic mass is 32.1. The monoisotopic (exact) mass is 261 g/mol. The molecule has 0 amide bonds. The molecule has 0 unspecified atom stereocenters. The van der Waals surface area contributed by atoms with Crippen molar-refractivity contribution in [3.63, 3.8) is 0 Å². The minimum atomic E-state index is 0.491. The molecule has 1 aliphatic rings. The van der Waals surface area contributed by atoms with Gasteiger partial charge in [-0.2, -0.15) is 0 Å². The van der Waals surface area contributed by atoms with Gasteiger partial charge in [0.2, 0.25) is 0 Å². The van der Waals surface area contributed by atoms with E-state index in [0.29, 0.717) is 12.6 Å². The smallest absolute Gasteiger partial charge is 0.155 e. The second kappa shape index (κ2) is 5.46. The van der Waals surface area contributed by atoms with Gasteiger partial charge in [-0.05, 0) is 25.0 Å². The van der Waals surface area contributed by atoms with Crippen molar-refractivity contribution in [2.75, 3.05) is 0 Å². The Labute approximate surface area is 110 Å². The van der Waals surface area contributed by atoms with Crippen molar-refractivity contribution >= 4 is 11.3 Å². The number of ether oxygens (including phenoxy) is 1. The zero-order valence-electron chi connectivity index (χ0n) is 10.0. The van der Waals surface area contributed by atoms with Gasteiger partial charge in [-0.3, -0.25) is 0 Å². The summed E-state index contributed by atoms with van der Waals surface area (Å²) in [6.07, 6.45) is 2.59. The third-order valence-electron chi connectivity index (χ3n) is 2.73. The van der Waals surface area contributed by atoms with E-state index < -0.39 is 0 Å². The SMILES string of the molecule is c1ccc(OCc2nnc(CNC3CC3)s2)cc1. The maximum Gasteiger partial charge on any atom is 0.155 e. The van der Waals surface area contributed by atoms with Crippen molar-refractivity contribution in [3.8, 4) is 5.75 Å². The first-order valence-corrected chi connectivity index (χ1v) is 6.94. The van der Waals surface area contributed by atoms with Crippen molar-refractivity contribution in [1.29, 1.82) is 0 Å². The van der Waals surface area contributed by atoms with Crippen LogP contribution in [0.2, 0.25) is 0 Å². The van der Waals surface area contributed by atoms with E-state index in [1.54, 1.807) is 11.3 Å². The van der Waals surface area contributed by atoms with Crippen LogP contribution in [0, 0.1) is 0 Å². The molecule has 18 heavy (non-hydrogen) atoms. The van der Waals surface area contributed by atoms with Gasteiger partial charge in [-0.1, -0.05) is 29.5 Å². The molecule has 0 radical (unpaired) electrons. The lowest BCUT2D eigenvalue weighted by Gasteiger charge is -2.01. The minimum absolute atomic E-state index is 0.491. The predicted molar refractivity (Wildman–Crippen MR) is 70.5 cm³/mol. The summed E-state index contributed by atoms with van der Waals surface area (Å²) in [5, 5.41) is 13.7. The molecule has 1 saturated carbocycles. The van der Waals surface area contributed by atoms with E-state index in [1.165, 1.54) is 12.8 Å². The minimum Gasteiger partial charge on any atom is -0.486 e. The van der Waals surface area contributed by atoms with Crippen LogP contribution in [-0.4, -0.2) is 16.2 Å². The van der Waals surface area contributed by atoms with Gasteiger partial charge in [0.05, 0.1) is 0 Å². The molecule has 1 N–H and O–H groups in total. The Morgan fingerprint density at radius 1 is 1.17 bits per heavy atom. The Morgan fingerprint density at radius 2 is 1.94 bits per heavy atom. The van der Waals surface area contributed by atoms with Crippen molar-refractivity contribution in [2.45, 2.75) is 32.0 Å². The molecule has 1 aliphatic carbocycles. The molecular weight excluding hydrogens is 246 g/mol. The standard InChI is InChI=1S/C13H15N3OS/c1-2-4-11(5-3-1)17-9-13-16-15-12(18-13)8-14-10-6-7-10/h1-5,10,14H,6-9H2. The number of nitrogens with one attached hydrogen (secondary N) is 1. The molecule has 3 rings (SSSR count). The van der Waals surface area contributed by atoms with Gasteiger partial charge >= 0.3 is 0 Å². The maximum atomic E-state index is 5.63. The molecule has 1 aromatic heterocycles. The first-order valence-electron chi connectivity index (χ1n) is 6.12. The number of hydrogen-bond donors (Lipinski definition) is 1. The average Bonchev–Trinajstić information content (AvgIpc) is 3.14. The topological polar surface area (TPSA) is 47.0 Å². The fourth-order valence-corrected chi connectivity index (χ4v) is 2.31. The van der Waals surface area contributed by atoms with Crippen molar-refractivity contribution in [1.82, 2.24) is 15.5 Å². The number of rotatable bonds is 6. The third kappa shape index (κ3) is 3.27. The van der Waals surface area contributed by atoms with Crippen molar-refractivity contribution in [3.05, 3.63) is 40.3 Å². The highest BCUT2D eigenvalue weighted by molar-refractivity contribution is 7.11. The summed E-state index contributed by atoms with van der Waals surface area (Å²) in [7, 11) is 0. The van der Waals surface area contributed by atoms with Gasteiger partial charge in [-0.25, -0.2) is 0 Å². The zero-order valence-corrected chi connectivity index (χ0v) is 10.8. The average molecular weight is 261 g/mol. The molecule has 1 aromatic carbocycles. The highest BCUT2D eigenvalue weighted by Crippen LogP contribution is 2.20. The summed E-state index contributed by atoms with van der Waals surface area (Å²) in [4.78, 5) is 0. The van der Waals surface area contributed by atoms with E-state index >= 15 is 0 Å². The second-order valence-electron chi connectivity index (χ2n) is 4.35. The van der Waals surface area contributed by atoms with Gasteiger partial charge in [-0.15, -0.1) is 10.2 Å². The summed E-state index contributed by atoms with van der Waals surface area (Å²) in [5.74, 6) is 0.866. The predicted octanol–water partition coefficient (Wildman–Crippen LogP) is 2.37. The molecule has 0 atom stereocenters. The van der Waals surface area contributed by atoms with Crippen molar-refractivity contribution in [2.24, 2.45) is 0 Å². The number of hydrogen-bond acceptors (Lipinski definition) is 5. The molecule has 2 aromatic rings. The largest absolute Gasteiger partial charge is 0.486 e. The lowest BCUT2D eigenvalue weighted by molar-refractivity contribution is 0.304. The maximum absolute atomic E-state index is 5.63. The summed E-state index contributed by atoms with van der Waals surface area (Å²) in [5.41, 5.74) is 0. The number of aromatic nitrogens is 2. The van der Waals surface area contributed by atoms with Gasteiger partial charge in [0, 0.05) is 12.6 Å². The van der Waals surface area contributed by atoms with Crippen LogP contribution in [0.5, 0.6) is 5.75 Å². The molecule has 4 nitrogen and oxygen atoms in total. The molecule has 1 fully saturated rings. The fraction of sp³-hybridized carbons (Fsp3) is 0.385. The Balaban J connectivity index is 1.50. The van der Waals surface area contributed by atoms with Crippen molar-refractivity contribution < 1.29 is 4.74 Å². The normalized spacial score (nSPS) is 14.7. The zero-order chi connectivity index (χ0) is 12.2. The number of benzene rings is 1. The number of nitrogens with zero attached hydrogens (tertiary/aromatic N) is 2. The van der Waals surface area contributed by atoms with Crippen LogP contribution < -0.4 is 10.1 Å².